The molecule has 0 rings (SSSR count). The van der Waals surface area contributed by atoms with E-state index in [9.17, 15) is 31.5 Å². The van der Waals surface area contributed by atoms with Crippen LogP contribution in [0.15, 0.2) is 0 Å². The predicted octanol–water partition coefficient (Wildman–Crippen LogP) is 3.49. The molecule has 0 saturated heterocycles. The molecule has 4 nitrogen and oxygen atoms in total. The smallest absolute Gasteiger partial charge is 0.456 e. The normalized spacial score (nSPS) is 13.9. The van der Waals surface area contributed by atoms with Crippen LogP contribution in [-0.4, -0.2) is 36.7 Å². The van der Waals surface area contributed by atoms with E-state index in [0.29, 0.717) is 0 Å². The summed E-state index contributed by atoms with van der Waals surface area (Å²) in [7, 11) is 0. The molecule has 0 fully saturated rings. The minimum absolute atomic E-state index is 0.0555. The van der Waals surface area contributed by atoms with E-state index in [-0.39, 0.29) is 24.9 Å². The second-order valence-electron chi connectivity index (χ2n) is 5.16. The summed E-state index contributed by atoms with van der Waals surface area (Å²) in [5, 5.41) is 0. The van der Waals surface area contributed by atoms with Crippen molar-refractivity contribution in [3.05, 3.63) is 0 Å². The number of carbonyl (C=O) groups is 2. The lowest BCUT2D eigenvalue weighted by molar-refractivity contribution is -0.294. The Bertz CT molecular complexity index is 379. The van der Waals surface area contributed by atoms with Gasteiger partial charge in [0.15, 0.2) is 6.61 Å². The van der Waals surface area contributed by atoms with Crippen molar-refractivity contribution < 1.29 is 41.0 Å². The van der Waals surface area contributed by atoms with Gasteiger partial charge in [0, 0.05) is 12.8 Å². The first-order valence-corrected chi connectivity index (χ1v) is 6.66. The van der Waals surface area contributed by atoms with E-state index < -0.39 is 37.1 Å². The van der Waals surface area contributed by atoms with E-state index in [1.807, 2.05) is 13.8 Å². The van der Waals surface area contributed by atoms with E-state index in [4.69, 9.17) is 4.74 Å². The molecule has 0 saturated carbocycles. The summed E-state index contributed by atoms with van der Waals surface area (Å²) in [4.78, 5) is 22.4. The van der Waals surface area contributed by atoms with Crippen LogP contribution in [0.1, 0.15) is 40.0 Å². The summed E-state index contributed by atoms with van der Waals surface area (Å²) < 4.78 is 69.3. The van der Waals surface area contributed by atoms with Crippen molar-refractivity contribution in [2.24, 2.45) is 5.92 Å². The number of hydrogen-bond acceptors (Lipinski definition) is 4. The molecule has 0 N–H and O–H groups in total. The number of hydrogen-bond donors (Lipinski definition) is 0. The van der Waals surface area contributed by atoms with Crippen molar-refractivity contribution in [3.63, 3.8) is 0 Å². The number of alkyl halides is 5. The Morgan fingerprint density at radius 3 is 1.91 bits per heavy atom. The number of rotatable bonds is 8. The van der Waals surface area contributed by atoms with Gasteiger partial charge in [-0.2, -0.15) is 22.0 Å². The number of carbonyl (C=O) groups excluding carboxylic acids is 2. The van der Waals surface area contributed by atoms with Crippen molar-refractivity contribution in [1.82, 2.24) is 0 Å². The quantitative estimate of drug-likeness (QED) is 0.504. The van der Waals surface area contributed by atoms with E-state index >= 15 is 0 Å². The zero-order valence-corrected chi connectivity index (χ0v) is 12.5. The van der Waals surface area contributed by atoms with Crippen LogP contribution in [-0.2, 0) is 19.1 Å². The fraction of sp³-hybridized carbons (Fsp3) is 0.846. The fourth-order valence-corrected chi connectivity index (χ4v) is 1.10. The summed E-state index contributed by atoms with van der Waals surface area (Å²) in [6.07, 6.45) is -6.74. The summed E-state index contributed by atoms with van der Waals surface area (Å²) in [5.74, 6) is -6.78. The van der Waals surface area contributed by atoms with Crippen LogP contribution < -0.4 is 0 Å². The molecule has 0 bridgehead atoms. The van der Waals surface area contributed by atoms with Crippen molar-refractivity contribution in [2.75, 3.05) is 6.61 Å². The molecular formula is C13H19F5O4. The van der Waals surface area contributed by atoms with Crippen LogP contribution in [0.25, 0.3) is 0 Å². The Kier molecular flexibility index (Phi) is 7.75. The van der Waals surface area contributed by atoms with Crippen LogP contribution in [0.4, 0.5) is 22.0 Å². The molecule has 0 amide bonds. The van der Waals surface area contributed by atoms with Gasteiger partial charge in [0.2, 0.25) is 0 Å². The van der Waals surface area contributed by atoms with Gasteiger partial charge in [-0.25, -0.2) is 0 Å². The molecule has 0 aliphatic heterocycles. The van der Waals surface area contributed by atoms with Gasteiger partial charge in [-0.05, 0) is 19.3 Å². The minimum atomic E-state index is -5.77. The summed E-state index contributed by atoms with van der Waals surface area (Å²) in [6.45, 7) is 3.31. The molecule has 0 aromatic heterocycles. The second-order valence-corrected chi connectivity index (χ2v) is 5.16. The highest BCUT2D eigenvalue weighted by molar-refractivity contribution is 5.72. The van der Waals surface area contributed by atoms with Gasteiger partial charge in [0.25, 0.3) is 0 Å². The highest BCUT2D eigenvalue weighted by atomic mass is 19.4. The average molecular weight is 334 g/mol. The lowest BCUT2D eigenvalue weighted by Crippen LogP contribution is -2.41. The van der Waals surface area contributed by atoms with Crippen molar-refractivity contribution in [3.8, 4) is 0 Å². The van der Waals surface area contributed by atoms with Crippen LogP contribution in [0.2, 0.25) is 0 Å². The predicted molar refractivity (Wildman–Crippen MR) is 66.2 cm³/mol. The Balaban J connectivity index is 3.99. The van der Waals surface area contributed by atoms with Gasteiger partial charge in [0.05, 0.1) is 0 Å². The molecule has 0 spiro atoms. The van der Waals surface area contributed by atoms with Gasteiger partial charge in [-0.1, -0.05) is 13.8 Å². The molecule has 22 heavy (non-hydrogen) atoms. The first kappa shape index (κ1) is 20.6. The summed E-state index contributed by atoms with van der Waals surface area (Å²) in [6, 6.07) is 0. The van der Waals surface area contributed by atoms with Crippen LogP contribution in [0.3, 0.4) is 0 Å². The average Bonchev–Trinajstić information content (AvgIpc) is 2.34. The van der Waals surface area contributed by atoms with E-state index in [0.717, 1.165) is 0 Å². The molecule has 0 aromatic rings. The maximum absolute atomic E-state index is 12.5. The zero-order valence-electron chi connectivity index (χ0n) is 12.5. The van der Waals surface area contributed by atoms with Gasteiger partial charge >= 0.3 is 24.0 Å². The third-order valence-electron chi connectivity index (χ3n) is 2.85. The third kappa shape index (κ3) is 7.56. The second kappa shape index (κ2) is 8.28. The maximum Gasteiger partial charge on any atom is 0.456 e. The largest absolute Gasteiger partial charge is 0.462 e. The lowest BCUT2D eigenvalue weighted by Gasteiger charge is -2.19. The SMILES string of the molecule is CC(C)C(C)OC(=O)CCCC(=O)OCC(F)(F)C(F)(F)F. The maximum atomic E-state index is 12.5. The molecule has 0 heterocycles. The summed E-state index contributed by atoms with van der Waals surface area (Å²) >= 11 is 0. The van der Waals surface area contributed by atoms with Crippen LogP contribution >= 0.6 is 0 Å². The molecule has 1 atom stereocenters. The third-order valence-corrected chi connectivity index (χ3v) is 2.85. The monoisotopic (exact) mass is 334 g/mol. The molecule has 0 aliphatic carbocycles. The van der Waals surface area contributed by atoms with Gasteiger partial charge in [-0.15, -0.1) is 0 Å². The highest BCUT2D eigenvalue weighted by Crippen LogP contribution is 2.35. The standard InChI is InChI=1S/C13H19F5O4/c1-8(2)9(3)22-11(20)6-4-5-10(19)21-7-12(14,15)13(16,17)18/h8-9H,4-7H2,1-3H3. The molecule has 0 aliphatic rings. The Labute approximate surface area is 124 Å². The van der Waals surface area contributed by atoms with Gasteiger partial charge < -0.3 is 9.47 Å². The summed E-state index contributed by atoms with van der Waals surface area (Å²) in [5.41, 5.74) is 0. The molecule has 1 unspecified atom stereocenters. The van der Waals surface area contributed by atoms with E-state index in [1.165, 1.54) is 0 Å². The van der Waals surface area contributed by atoms with Gasteiger partial charge in [-0.3, -0.25) is 9.59 Å². The highest BCUT2D eigenvalue weighted by Gasteiger charge is 2.58. The van der Waals surface area contributed by atoms with Crippen LogP contribution in [0, 0.1) is 5.92 Å². The van der Waals surface area contributed by atoms with E-state index in [1.54, 1.807) is 6.92 Å². The number of esters is 2. The molecule has 0 radical (unpaired) electrons. The zero-order chi connectivity index (χ0) is 17.6. The van der Waals surface area contributed by atoms with Gasteiger partial charge in [0.1, 0.15) is 6.10 Å². The Morgan fingerprint density at radius 1 is 0.955 bits per heavy atom. The minimum Gasteiger partial charge on any atom is -0.462 e. The first-order valence-electron chi connectivity index (χ1n) is 6.66. The fourth-order valence-electron chi connectivity index (χ4n) is 1.10. The van der Waals surface area contributed by atoms with Crippen LogP contribution in [0.5, 0.6) is 0 Å². The topological polar surface area (TPSA) is 52.6 Å². The molecular weight excluding hydrogens is 315 g/mol. The molecule has 0 aromatic carbocycles. The Morgan fingerprint density at radius 2 is 1.45 bits per heavy atom. The Hall–Kier alpha value is -1.41. The molecule has 130 valence electrons. The van der Waals surface area contributed by atoms with Crippen molar-refractivity contribution in [1.29, 1.82) is 0 Å². The van der Waals surface area contributed by atoms with Crippen molar-refractivity contribution in [2.45, 2.75) is 58.2 Å². The number of halogens is 5. The number of ether oxygens (including phenoxy) is 2. The lowest BCUT2D eigenvalue weighted by atomic mass is 10.1. The van der Waals surface area contributed by atoms with E-state index in [2.05, 4.69) is 4.74 Å². The first-order chi connectivity index (χ1) is 9.86. The molecule has 9 heteroatoms. The van der Waals surface area contributed by atoms with Crippen molar-refractivity contribution >= 4 is 11.9 Å².